The van der Waals surface area contributed by atoms with Crippen LogP contribution in [0.4, 0.5) is 5.69 Å². The first-order valence-corrected chi connectivity index (χ1v) is 8.17. The van der Waals surface area contributed by atoms with Crippen molar-refractivity contribution in [2.24, 2.45) is 0 Å². The highest BCUT2D eigenvalue weighted by molar-refractivity contribution is 8.01. The molecule has 0 saturated carbocycles. The highest BCUT2D eigenvalue weighted by Crippen LogP contribution is 2.24. The standard InChI is InChI=1S/C13H13N5OS2/c1-9-2-4-10(5-3-9)15-11(19)6-7-20-13-17-18-8-14-16-12(18)21-13/h2-5,8H,6-7H2,1H3,(H,15,19). The Morgan fingerprint density at radius 1 is 1.38 bits per heavy atom. The average molecular weight is 319 g/mol. The molecule has 3 aromatic rings. The van der Waals surface area contributed by atoms with Crippen LogP contribution in [-0.4, -0.2) is 31.5 Å². The maximum absolute atomic E-state index is 11.8. The zero-order valence-electron chi connectivity index (χ0n) is 11.3. The largest absolute Gasteiger partial charge is 0.326 e. The molecule has 0 aliphatic heterocycles. The first-order chi connectivity index (χ1) is 10.2. The van der Waals surface area contributed by atoms with Crippen LogP contribution in [0, 0.1) is 6.92 Å². The third-order valence-electron chi connectivity index (χ3n) is 2.76. The summed E-state index contributed by atoms with van der Waals surface area (Å²) in [6, 6.07) is 7.76. The molecule has 0 saturated heterocycles. The van der Waals surface area contributed by atoms with Crippen molar-refractivity contribution in [2.75, 3.05) is 11.1 Å². The zero-order valence-corrected chi connectivity index (χ0v) is 12.9. The Bertz CT molecular complexity index is 721. The van der Waals surface area contributed by atoms with E-state index in [1.165, 1.54) is 16.9 Å². The van der Waals surface area contributed by atoms with Crippen LogP contribution in [0.2, 0.25) is 0 Å². The highest BCUT2D eigenvalue weighted by atomic mass is 32.2. The van der Waals surface area contributed by atoms with Gasteiger partial charge in [-0.3, -0.25) is 4.79 Å². The molecule has 0 bridgehead atoms. The molecule has 0 radical (unpaired) electrons. The monoisotopic (exact) mass is 319 g/mol. The molecule has 21 heavy (non-hydrogen) atoms. The van der Waals surface area contributed by atoms with Gasteiger partial charge in [-0.1, -0.05) is 40.8 Å². The van der Waals surface area contributed by atoms with Gasteiger partial charge in [0.25, 0.3) is 0 Å². The van der Waals surface area contributed by atoms with Gasteiger partial charge in [-0.2, -0.15) is 4.52 Å². The second-order valence-electron chi connectivity index (χ2n) is 4.44. The zero-order chi connectivity index (χ0) is 14.7. The number of thioether (sulfide) groups is 1. The van der Waals surface area contributed by atoms with E-state index in [1.54, 1.807) is 22.6 Å². The van der Waals surface area contributed by atoms with Gasteiger partial charge in [0.1, 0.15) is 6.33 Å². The number of carbonyl (C=O) groups excluding carboxylic acids is 1. The van der Waals surface area contributed by atoms with Crippen molar-refractivity contribution in [3.05, 3.63) is 36.2 Å². The minimum absolute atomic E-state index is 0.00866. The summed E-state index contributed by atoms with van der Waals surface area (Å²) in [5.41, 5.74) is 2.00. The lowest BCUT2D eigenvalue weighted by atomic mass is 10.2. The Labute approximate surface area is 129 Å². The quantitative estimate of drug-likeness (QED) is 0.732. The lowest BCUT2D eigenvalue weighted by molar-refractivity contribution is -0.115. The van der Waals surface area contributed by atoms with Crippen LogP contribution in [0.3, 0.4) is 0 Å². The molecule has 0 aliphatic rings. The lowest BCUT2D eigenvalue weighted by Crippen LogP contribution is -2.12. The smallest absolute Gasteiger partial charge is 0.235 e. The molecule has 2 heterocycles. The summed E-state index contributed by atoms with van der Waals surface area (Å²) < 4.78 is 2.53. The molecule has 2 aromatic heterocycles. The normalized spacial score (nSPS) is 10.9. The van der Waals surface area contributed by atoms with Crippen LogP contribution in [0.5, 0.6) is 0 Å². The van der Waals surface area contributed by atoms with E-state index >= 15 is 0 Å². The van der Waals surface area contributed by atoms with Gasteiger partial charge in [0.2, 0.25) is 10.9 Å². The molecule has 108 valence electrons. The van der Waals surface area contributed by atoms with E-state index in [0.717, 1.165) is 15.0 Å². The van der Waals surface area contributed by atoms with Gasteiger partial charge in [-0.25, -0.2) is 0 Å². The highest BCUT2D eigenvalue weighted by Gasteiger charge is 2.07. The van der Waals surface area contributed by atoms with Gasteiger partial charge in [0, 0.05) is 17.9 Å². The van der Waals surface area contributed by atoms with Gasteiger partial charge >= 0.3 is 0 Å². The fourth-order valence-electron chi connectivity index (χ4n) is 1.69. The second-order valence-corrected chi connectivity index (χ2v) is 6.74. The van der Waals surface area contributed by atoms with E-state index < -0.39 is 0 Å². The number of hydrogen-bond donors (Lipinski definition) is 1. The Morgan fingerprint density at radius 2 is 2.19 bits per heavy atom. The molecule has 1 aromatic carbocycles. The topological polar surface area (TPSA) is 72.2 Å². The fraction of sp³-hybridized carbons (Fsp3) is 0.231. The number of benzene rings is 1. The van der Waals surface area contributed by atoms with Crippen molar-refractivity contribution in [1.29, 1.82) is 0 Å². The summed E-state index contributed by atoms with van der Waals surface area (Å²) in [4.78, 5) is 12.6. The molecule has 0 atom stereocenters. The van der Waals surface area contributed by atoms with Gasteiger partial charge in [0.15, 0.2) is 4.34 Å². The number of nitrogens with one attached hydrogen (secondary N) is 1. The number of amides is 1. The van der Waals surface area contributed by atoms with E-state index in [0.29, 0.717) is 12.2 Å². The van der Waals surface area contributed by atoms with Crippen molar-refractivity contribution in [3.8, 4) is 0 Å². The van der Waals surface area contributed by atoms with Crippen molar-refractivity contribution in [2.45, 2.75) is 17.7 Å². The van der Waals surface area contributed by atoms with E-state index in [-0.39, 0.29) is 5.91 Å². The summed E-state index contributed by atoms with van der Waals surface area (Å²) in [7, 11) is 0. The molecule has 1 N–H and O–H groups in total. The maximum atomic E-state index is 11.8. The van der Waals surface area contributed by atoms with Crippen molar-refractivity contribution >= 4 is 39.7 Å². The van der Waals surface area contributed by atoms with Crippen molar-refractivity contribution in [1.82, 2.24) is 19.8 Å². The van der Waals surface area contributed by atoms with Crippen molar-refractivity contribution in [3.63, 3.8) is 0 Å². The van der Waals surface area contributed by atoms with E-state index in [4.69, 9.17) is 0 Å². The molecule has 0 fully saturated rings. The third-order valence-corrected chi connectivity index (χ3v) is 4.81. The van der Waals surface area contributed by atoms with Crippen LogP contribution in [-0.2, 0) is 4.79 Å². The number of nitrogens with zero attached hydrogens (tertiary/aromatic N) is 4. The molecule has 8 heteroatoms. The number of aromatic nitrogens is 4. The van der Waals surface area contributed by atoms with Crippen LogP contribution in [0.1, 0.15) is 12.0 Å². The number of anilines is 1. The van der Waals surface area contributed by atoms with E-state index in [2.05, 4.69) is 20.6 Å². The number of hydrogen-bond acceptors (Lipinski definition) is 6. The predicted molar refractivity (Wildman–Crippen MR) is 83.8 cm³/mol. The number of aryl methyl sites for hydroxylation is 1. The Kier molecular flexibility index (Phi) is 4.16. The van der Waals surface area contributed by atoms with Gasteiger partial charge in [0.05, 0.1) is 0 Å². The molecular weight excluding hydrogens is 306 g/mol. The molecule has 1 amide bonds. The van der Waals surface area contributed by atoms with Crippen molar-refractivity contribution < 1.29 is 4.79 Å². The minimum atomic E-state index is 0.00866. The minimum Gasteiger partial charge on any atom is -0.326 e. The van der Waals surface area contributed by atoms with Gasteiger partial charge < -0.3 is 5.32 Å². The van der Waals surface area contributed by atoms with Crippen LogP contribution < -0.4 is 5.32 Å². The number of fused-ring (bicyclic) bond motifs is 1. The Morgan fingerprint density at radius 3 is 2.95 bits per heavy atom. The molecule has 0 aliphatic carbocycles. The van der Waals surface area contributed by atoms with Crippen LogP contribution in [0.15, 0.2) is 34.9 Å². The molecule has 0 spiro atoms. The lowest BCUT2D eigenvalue weighted by Gasteiger charge is -2.04. The number of carbonyl (C=O) groups is 1. The Balaban J connectivity index is 1.47. The second kappa shape index (κ2) is 6.23. The van der Waals surface area contributed by atoms with Gasteiger partial charge in [-0.05, 0) is 19.1 Å². The summed E-state index contributed by atoms with van der Waals surface area (Å²) in [5, 5.41) is 14.9. The third kappa shape index (κ3) is 3.59. The number of rotatable bonds is 5. The van der Waals surface area contributed by atoms with E-state index in [9.17, 15) is 4.79 Å². The summed E-state index contributed by atoms with van der Waals surface area (Å²) >= 11 is 3.02. The summed E-state index contributed by atoms with van der Waals surface area (Å²) in [6.07, 6.45) is 2.01. The average Bonchev–Trinajstić information content (AvgIpc) is 3.02. The molecule has 6 nitrogen and oxygen atoms in total. The van der Waals surface area contributed by atoms with Crippen LogP contribution in [0.25, 0.3) is 4.96 Å². The van der Waals surface area contributed by atoms with E-state index in [1.807, 2.05) is 31.2 Å². The SMILES string of the molecule is Cc1ccc(NC(=O)CCSc2nn3cnnc3s2)cc1. The van der Waals surface area contributed by atoms with Crippen LogP contribution >= 0.6 is 23.1 Å². The predicted octanol–water partition coefficient (Wildman–Crippen LogP) is 2.62. The molecular formula is C13H13N5OS2. The fourth-order valence-corrected chi connectivity index (χ4v) is 3.56. The summed E-state index contributed by atoms with van der Waals surface area (Å²) in [6.45, 7) is 2.02. The molecule has 0 unspecified atom stereocenters. The Hall–Kier alpha value is -1.93. The van der Waals surface area contributed by atoms with Gasteiger partial charge in [-0.15, -0.1) is 15.3 Å². The summed E-state index contributed by atoms with van der Waals surface area (Å²) in [5.74, 6) is 0.691. The maximum Gasteiger partial charge on any atom is 0.235 e. The first kappa shape index (κ1) is 14.0. The first-order valence-electron chi connectivity index (χ1n) is 6.37. The molecule has 3 rings (SSSR count).